The first-order chi connectivity index (χ1) is 7.00. The second-order valence-corrected chi connectivity index (χ2v) is 4.23. The van der Waals surface area contributed by atoms with E-state index in [0.717, 1.165) is 18.7 Å². The van der Waals surface area contributed by atoms with Crippen molar-refractivity contribution < 1.29 is 0 Å². The van der Waals surface area contributed by atoms with Gasteiger partial charge in [0.15, 0.2) is 0 Å². The highest BCUT2D eigenvalue weighted by molar-refractivity contribution is 5.28. The van der Waals surface area contributed by atoms with Crippen LogP contribution >= 0.6 is 0 Å². The fraction of sp³-hybridized carbons (Fsp3) is 0.636. The Hall–Kier alpha value is -1.32. The third-order valence-corrected chi connectivity index (χ3v) is 2.41. The van der Waals surface area contributed by atoms with E-state index in [4.69, 9.17) is 0 Å². The van der Waals surface area contributed by atoms with Gasteiger partial charge in [-0.15, -0.1) is 0 Å². The number of anilines is 1. The molecule has 4 nitrogen and oxygen atoms in total. The molecule has 1 aromatic heterocycles. The molecule has 2 N–H and O–H groups in total. The van der Waals surface area contributed by atoms with Crippen LogP contribution in [-0.4, -0.2) is 16.5 Å². The molecule has 0 bridgehead atoms. The first-order valence-corrected chi connectivity index (χ1v) is 5.32. The lowest BCUT2D eigenvalue weighted by Crippen LogP contribution is -2.17. The molecule has 1 heterocycles. The number of aromatic amines is 1. The van der Waals surface area contributed by atoms with Crippen LogP contribution in [0.5, 0.6) is 0 Å². The molecule has 0 saturated carbocycles. The molecule has 0 spiro atoms. The van der Waals surface area contributed by atoms with Crippen molar-refractivity contribution in [3.63, 3.8) is 0 Å². The van der Waals surface area contributed by atoms with Crippen LogP contribution in [0.2, 0.25) is 0 Å². The molecule has 15 heavy (non-hydrogen) atoms. The molecule has 0 saturated heterocycles. The molecule has 4 heteroatoms. The Balaban J connectivity index is 2.67. The summed E-state index contributed by atoms with van der Waals surface area (Å²) < 4.78 is 0. The SMILES string of the molecule is Cc1nc(NCCC(C)C)[nH]c(=O)c1C. The van der Waals surface area contributed by atoms with E-state index in [1.54, 1.807) is 6.92 Å². The minimum absolute atomic E-state index is 0.0606. The topological polar surface area (TPSA) is 57.8 Å². The van der Waals surface area contributed by atoms with Gasteiger partial charge < -0.3 is 5.32 Å². The maximum absolute atomic E-state index is 11.4. The number of aryl methyl sites for hydroxylation is 1. The van der Waals surface area contributed by atoms with Gasteiger partial charge in [0.25, 0.3) is 5.56 Å². The minimum Gasteiger partial charge on any atom is -0.356 e. The van der Waals surface area contributed by atoms with Crippen molar-refractivity contribution in [3.8, 4) is 0 Å². The molecule has 0 fully saturated rings. The third kappa shape index (κ3) is 3.38. The maximum atomic E-state index is 11.4. The average Bonchev–Trinajstić information content (AvgIpc) is 2.13. The van der Waals surface area contributed by atoms with E-state index in [-0.39, 0.29) is 5.56 Å². The van der Waals surface area contributed by atoms with Gasteiger partial charge in [0.2, 0.25) is 5.95 Å². The highest BCUT2D eigenvalue weighted by Crippen LogP contribution is 2.03. The van der Waals surface area contributed by atoms with Gasteiger partial charge in [-0.3, -0.25) is 9.78 Å². The van der Waals surface area contributed by atoms with E-state index in [1.165, 1.54) is 0 Å². The number of nitrogens with zero attached hydrogens (tertiary/aromatic N) is 1. The van der Waals surface area contributed by atoms with Crippen molar-refractivity contribution in [3.05, 3.63) is 21.6 Å². The van der Waals surface area contributed by atoms with Gasteiger partial charge in [-0.2, -0.15) is 0 Å². The number of aromatic nitrogens is 2. The van der Waals surface area contributed by atoms with Gasteiger partial charge in [0.05, 0.1) is 0 Å². The van der Waals surface area contributed by atoms with Crippen molar-refractivity contribution in [2.75, 3.05) is 11.9 Å². The lowest BCUT2D eigenvalue weighted by Gasteiger charge is -2.08. The van der Waals surface area contributed by atoms with Gasteiger partial charge >= 0.3 is 0 Å². The summed E-state index contributed by atoms with van der Waals surface area (Å²) in [5.74, 6) is 1.22. The Labute approximate surface area is 90.1 Å². The molecule has 1 aromatic rings. The van der Waals surface area contributed by atoms with Crippen LogP contribution in [0.15, 0.2) is 4.79 Å². The molecule has 0 atom stereocenters. The van der Waals surface area contributed by atoms with Crippen LogP contribution in [-0.2, 0) is 0 Å². The van der Waals surface area contributed by atoms with Crippen LogP contribution in [0, 0.1) is 19.8 Å². The molecule has 0 aliphatic rings. The predicted octanol–water partition coefficient (Wildman–Crippen LogP) is 1.84. The summed E-state index contributed by atoms with van der Waals surface area (Å²) >= 11 is 0. The van der Waals surface area contributed by atoms with E-state index in [2.05, 4.69) is 29.1 Å². The summed E-state index contributed by atoms with van der Waals surface area (Å²) in [5, 5.41) is 3.12. The van der Waals surface area contributed by atoms with Crippen LogP contribution in [0.3, 0.4) is 0 Å². The number of rotatable bonds is 4. The Morgan fingerprint density at radius 3 is 2.60 bits per heavy atom. The fourth-order valence-electron chi connectivity index (χ4n) is 1.21. The first-order valence-electron chi connectivity index (χ1n) is 5.32. The quantitative estimate of drug-likeness (QED) is 0.795. The molecule has 0 aromatic carbocycles. The van der Waals surface area contributed by atoms with E-state index in [1.807, 2.05) is 6.92 Å². The number of nitrogens with one attached hydrogen (secondary N) is 2. The Bertz CT molecular complexity index is 382. The monoisotopic (exact) mass is 209 g/mol. The summed E-state index contributed by atoms with van der Waals surface area (Å²) in [5.41, 5.74) is 1.41. The number of hydrogen-bond acceptors (Lipinski definition) is 3. The van der Waals surface area contributed by atoms with E-state index in [9.17, 15) is 4.79 Å². The second kappa shape index (κ2) is 4.96. The highest BCUT2D eigenvalue weighted by atomic mass is 16.1. The smallest absolute Gasteiger partial charge is 0.255 e. The largest absolute Gasteiger partial charge is 0.356 e. The van der Waals surface area contributed by atoms with Crippen LogP contribution < -0.4 is 10.9 Å². The van der Waals surface area contributed by atoms with Crippen LogP contribution in [0.4, 0.5) is 5.95 Å². The van der Waals surface area contributed by atoms with E-state index < -0.39 is 0 Å². The second-order valence-electron chi connectivity index (χ2n) is 4.23. The summed E-state index contributed by atoms with van der Waals surface area (Å²) in [4.78, 5) is 18.4. The molecule has 0 radical (unpaired) electrons. The molecule has 0 aliphatic heterocycles. The zero-order valence-corrected chi connectivity index (χ0v) is 9.85. The van der Waals surface area contributed by atoms with E-state index >= 15 is 0 Å². The first kappa shape index (κ1) is 11.8. The van der Waals surface area contributed by atoms with Gasteiger partial charge in [0, 0.05) is 17.8 Å². The lowest BCUT2D eigenvalue weighted by molar-refractivity contribution is 0.605. The normalized spacial score (nSPS) is 10.7. The minimum atomic E-state index is -0.0606. The van der Waals surface area contributed by atoms with Crippen LogP contribution in [0.1, 0.15) is 31.5 Å². The van der Waals surface area contributed by atoms with Crippen molar-refractivity contribution >= 4 is 5.95 Å². The zero-order chi connectivity index (χ0) is 11.4. The number of hydrogen-bond donors (Lipinski definition) is 2. The molecular weight excluding hydrogens is 190 g/mol. The van der Waals surface area contributed by atoms with Gasteiger partial charge in [-0.05, 0) is 26.2 Å². The summed E-state index contributed by atoms with van der Waals surface area (Å²) in [6, 6.07) is 0. The summed E-state index contributed by atoms with van der Waals surface area (Å²) in [6.07, 6.45) is 1.07. The van der Waals surface area contributed by atoms with Gasteiger partial charge in [-0.1, -0.05) is 13.8 Å². The van der Waals surface area contributed by atoms with Crippen LogP contribution in [0.25, 0.3) is 0 Å². The van der Waals surface area contributed by atoms with Crippen molar-refractivity contribution in [1.82, 2.24) is 9.97 Å². The fourth-order valence-corrected chi connectivity index (χ4v) is 1.21. The zero-order valence-electron chi connectivity index (χ0n) is 9.85. The molecule has 1 rings (SSSR count). The average molecular weight is 209 g/mol. The number of H-pyrrole nitrogens is 1. The maximum Gasteiger partial charge on any atom is 0.255 e. The van der Waals surface area contributed by atoms with E-state index in [0.29, 0.717) is 17.4 Å². The highest BCUT2D eigenvalue weighted by Gasteiger charge is 2.02. The Morgan fingerprint density at radius 1 is 1.40 bits per heavy atom. The van der Waals surface area contributed by atoms with Crippen molar-refractivity contribution in [1.29, 1.82) is 0 Å². The standard InChI is InChI=1S/C11H19N3O/c1-7(2)5-6-12-11-13-9(4)8(3)10(15)14-11/h7H,5-6H2,1-4H3,(H2,12,13,14,15). The Kier molecular flexibility index (Phi) is 3.88. The summed E-state index contributed by atoms with van der Waals surface area (Å²) in [7, 11) is 0. The predicted molar refractivity (Wildman–Crippen MR) is 62.3 cm³/mol. The molecule has 0 amide bonds. The molecule has 0 aliphatic carbocycles. The lowest BCUT2D eigenvalue weighted by atomic mass is 10.1. The molecular formula is C11H19N3O. The van der Waals surface area contributed by atoms with Crippen molar-refractivity contribution in [2.24, 2.45) is 5.92 Å². The van der Waals surface area contributed by atoms with Gasteiger partial charge in [0.1, 0.15) is 0 Å². The Morgan fingerprint density at radius 2 is 2.07 bits per heavy atom. The van der Waals surface area contributed by atoms with Crippen molar-refractivity contribution in [2.45, 2.75) is 34.1 Å². The van der Waals surface area contributed by atoms with Gasteiger partial charge in [-0.25, -0.2) is 4.98 Å². The third-order valence-electron chi connectivity index (χ3n) is 2.41. The molecule has 84 valence electrons. The molecule has 0 unspecified atom stereocenters. The summed E-state index contributed by atoms with van der Waals surface area (Å²) in [6.45, 7) is 8.79.